The first-order chi connectivity index (χ1) is 9.16. The molecule has 0 spiro atoms. The normalized spacial score (nSPS) is 16.3. The molecule has 0 aliphatic heterocycles. The maximum absolute atomic E-state index is 11.7. The van der Waals surface area contributed by atoms with Crippen LogP contribution in [0.5, 0.6) is 0 Å². The Morgan fingerprint density at radius 3 is 2.84 bits per heavy atom. The Bertz CT molecular complexity index is 626. The van der Waals surface area contributed by atoms with Gasteiger partial charge in [-0.3, -0.25) is 4.79 Å². The van der Waals surface area contributed by atoms with Gasteiger partial charge < -0.3 is 15.0 Å². The van der Waals surface area contributed by atoms with Crippen LogP contribution in [-0.4, -0.2) is 24.6 Å². The van der Waals surface area contributed by atoms with E-state index in [1.807, 2.05) is 19.1 Å². The number of hydrogen-bond acceptors (Lipinski definition) is 3. The van der Waals surface area contributed by atoms with Crippen LogP contribution in [0, 0.1) is 12.3 Å². The summed E-state index contributed by atoms with van der Waals surface area (Å²) in [6.45, 7) is 2.68. The van der Waals surface area contributed by atoms with E-state index in [9.17, 15) is 4.79 Å². The van der Waals surface area contributed by atoms with E-state index in [0.29, 0.717) is 6.54 Å². The minimum absolute atomic E-state index is 0.0995. The molecule has 0 radical (unpaired) electrons. The smallest absolute Gasteiger partial charge is 0.313 e. The van der Waals surface area contributed by atoms with E-state index in [1.54, 1.807) is 0 Å². The first-order valence-corrected chi connectivity index (χ1v) is 6.56. The minimum Gasteiger partial charge on any atom is -0.469 e. The van der Waals surface area contributed by atoms with Crippen LogP contribution in [-0.2, 0) is 9.53 Å². The average molecular weight is 258 g/mol. The lowest BCUT2D eigenvalue weighted by molar-refractivity contribution is -0.146. The van der Waals surface area contributed by atoms with Crippen molar-refractivity contribution in [2.24, 2.45) is 5.41 Å². The number of hydrogen-bond donors (Lipinski definition) is 2. The van der Waals surface area contributed by atoms with Crippen molar-refractivity contribution < 1.29 is 9.53 Å². The standard InChI is InChI=1S/C15H18N2O2/c1-10-13(11-5-3-4-6-12(11)17-10)16-9-15(7-8-15)14(18)19-2/h3-6,16-17H,7-9H2,1-2H3. The Balaban J connectivity index is 1.83. The number of benzene rings is 1. The monoisotopic (exact) mass is 258 g/mol. The Morgan fingerprint density at radius 1 is 1.42 bits per heavy atom. The maximum Gasteiger partial charge on any atom is 0.313 e. The van der Waals surface area contributed by atoms with Gasteiger partial charge in [0, 0.05) is 23.1 Å². The number of aromatic nitrogens is 1. The van der Waals surface area contributed by atoms with Crippen LogP contribution in [0.15, 0.2) is 24.3 Å². The van der Waals surface area contributed by atoms with E-state index in [4.69, 9.17) is 4.74 Å². The third-order valence-corrected chi connectivity index (χ3v) is 3.97. The Kier molecular flexibility index (Phi) is 2.73. The summed E-state index contributed by atoms with van der Waals surface area (Å²) < 4.78 is 4.88. The highest BCUT2D eigenvalue weighted by Crippen LogP contribution is 2.47. The van der Waals surface area contributed by atoms with Gasteiger partial charge in [0.25, 0.3) is 0 Å². The number of fused-ring (bicyclic) bond motifs is 1. The topological polar surface area (TPSA) is 54.1 Å². The molecule has 1 aliphatic carbocycles. The van der Waals surface area contributed by atoms with Crippen molar-refractivity contribution >= 4 is 22.6 Å². The minimum atomic E-state index is -0.306. The summed E-state index contributed by atoms with van der Waals surface area (Å²) in [6.07, 6.45) is 1.82. The molecule has 100 valence electrons. The molecule has 0 bridgehead atoms. The van der Waals surface area contributed by atoms with E-state index in [1.165, 1.54) is 12.5 Å². The van der Waals surface area contributed by atoms with Gasteiger partial charge in [-0.25, -0.2) is 0 Å². The lowest BCUT2D eigenvalue weighted by Gasteiger charge is -2.14. The number of ether oxygens (including phenoxy) is 1. The predicted molar refractivity (Wildman–Crippen MR) is 75.2 cm³/mol. The van der Waals surface area contributed by atoms with Crippen LogP contribution in [0.1, 0.15) is 18.5 Å². The zero-order valence-corrected chi connectivity index (χ0v) is 11.2. The lowest BCUT2D eigenvalue weighted by Crippen LogP contribution is -2.26. The number of rotatable bonds is 4. The number of carbonyl (C=O) groups is 1. The molecule has 1 aromatic heterocycles. The van der Waals surface area contributed by atoms with Gasteiger partial charge in [0.15, 0.2) is 0 Å². The molecule has 2 N–H and O–H groups in total. The fourth-order valence-corrected chi connectivity index (χ4v) is 2.58. The van der Waals surface area contributed by atoms with Crippen LogP contribution in [0.4, 0.5) is 5.69 Å². The summed E-state index contributed by atoms with van der Waals surface area (Å²) in [4.78, 5) is 15.1. The van der Waals surface area contributed by atoms with Crippen molar-refractivity contribution in [3.63, 3.8) is 0 Å². The quantitative estimate of drug-likeness (QED) is 0.829. The van der Waals surface area contributed by atoms with E-state index in [-0.39, 0.29) is 11.4 Å². The number of H-pyrrole nitrogens is 1. The third-order valence-electron chi connectivity index (χ3n) is 3.97. The van der Waals surface area contributed by atoms with Crippen LogP contribution in [0.2, 0.25) is 0 Å². The van der Waals surface area contributed by atoms with Crippen molar-refractivity contribution in [3.05, 3.63) is 30.0 Å². The predicted octanol–water partition coefficient (Wildman–Crippen LogP) is 2.84. The SMILES string of the molecule is COC(=O)C1(CNc2c(C)[nH]c3ccccc23)CC1. The van der Waals surface area contributed by atoms with Crippen LogP contribution >= 0.6 is 0 Å². The van der Waals surface area contributed by atoms with Gasteiger partial charge >= 0.3 is 5.97 Å². The van der Waals surface area contributed by atoms with E-state index in [0.717, 1.165) is 29.7 Å². The molecule has 1 saturated carbocycles. The summed E-state index contributed by atoms with van der Waals surface area (Å²) in [5.74, 6) is -0.0995. The van der Waals surface area contributed by atoms with Gasteiger partial charge in [0.2, 0.25) is 0 Å². The molecule has 1 heterocycles. The Labute approximate surface area is 112 Å². The molecule has 1 aliphatic rings. The second kappa shape index (κ2) is 4.30. The molecular weight excluding hydrogens is 240 g/mol. The highest BCUT2D eigenvalue weighted by atomic mass is 16.5. The van der Waals surface area contributed by atoms with Crippen LogP contribution < -0.4 is 5.32 Å². The summed E-state index contributed by atoms with van der Waals surface area (Å²) >= 11 is 0. The van der Waals surface area contributed by atoms with Crippen molar-refractivity contribution in [1.82, 2.24) is 4.98 Å². The largest absolute Gasteiger partial charge is 0.469 e. The molecule has 0 atom stereocenters. The summed E-state index contributed by atoms with van der Waals surface area (Å²) in [5.41, 5.74) is 3.00. The summed E-state index contributed by atoms with van der Waals surface area (Å²) in [7, 11) is 1.46. The molecule has 1 fully saturated rings. The van der Waals surface area contributed by atoms with Crippen molar-refractivity contribution in [3.8, 4) is 0 Å². The van der Waals surface area contributed by atoms with Gasteiger partial charge in [0.1, 0.15) is 0 Å². The Morgan fingerprint density at radius 2 is 2.16 bits per heavy atom. The molecule has 2 aromatic rings. The molecule has 0 amide bonds. The number of anilines is 1. The molecular formula is C15H18N2O2. The Hall–Kier alpha value is -1.97. The van der Waals surface area contributed by atoms with Gasteiger partial charge in [-0.2, -0.15) is 0 Å². The molecule has 3 rings (SSSR count). The molecule has 4 nitrogen and oxygen atoms in total. The fourth-order valence-electron chi connectivity index (χ4n) is 2.58. The van der Waals surface area contributed by atoms with Gasteiger partial charge in [0.05, 0.1) is 18.2 Å². The molecule has 4 heteroatoms. The maximum atomic E-state index is 11.7. The number of aryl methyl sites for hydroxylation is 1. The van der Waals surface area contributed by atoms with Gasteiger partial charge in [-0.15, -0.1) is 0 Å². The molecule has 0 unspecified atom stereocenters. The molecule has 19 heavy (non-hydrogen) atoms. The first-order valence-electron chi connectivity index (χ1n) is 6.56. The van der Waals surface area contributed by atoms with Crippen LogP contribution in [0.25, 0.3) is 10.9 Å². The van der Waals surface area contributed by atoms with Crippen molar-refractivity contribution in [1.29, 1.82) is 0 Å². The second-order valence-electron chi connectivity index (χ2n) is 5.30. The second-order valence-corrected chi connectivity index (χ2v) is 5.30. The number of methoxy groups -OCH3 is 1. The fraction of sp³-hybridized carbons (Fsp3) is 0.400. The highest BCUT2D eigenvalue weighted by molar-refractivity contribution is 5.94. The first kappa shape index (κ1) is 12.1. The zero-order valence-electron chi connectivity index (χ0n) is 11.2. The lowest BCUT2D eigenvalue weighted by atomic mass is 10.1. The van der Waals surface area contributed by atoms with Crippen LogP contribution in [0.3, 0.4) is 0 Å². The van der Waals surface area contributed by atoms with Crippen molar-refractivity contribution in [2.75, 3.05) is 19.0 Å². The molecule has 0 saturated heterocycles. The highest BCUT2D eigenvalue weighted by Gasteiger charge is 2.50. The van der Waals surface area contributed by atoms with E-state index >= 15 is 0 Å². The average Bonchev–Trinajstić information content (AvgIpc) is 3.14. The summed E-state index contributed by atoms with van der Waals surface area (Å²) in [6, 6.07) is 8.17. The number of aromatic amines is 1. The number of carbonyl (C=O) groups excluding carboxylic acids is 1. The molecule has 1 aromatic carbocycles. The van der Waals surface area contributed by atoms with E-state index < -0.39 is 0 Å². The van der Waals surface area contributed by atoms with Crippen molar-refractivity contribution in [2.45, 2.75) is 19.8 Å². The third kappa shape index (κ3) is 1.97. The van der Waals surface area contributed by atoms with Gasteiger partial charge in [-0.1, -0.05) is 18.2 Å². The summed E-state index contributed by atoms with van der Waals surface area (Å²) in [5, 5.41) is 4.59. The number of esters is 1. The number of nitrogens with one attached hydrogen (secondary N) is 2. The van der Waals surface area contributed by atoms with Gasteiger partial charge in [-0.05, 0) is 25.8 Å². The van der Waals surface area contributed by atoms with E-state index in [2.05, 4.69) is 22.4 Å². The number of para-hydroxylation sites is 1. The zero-order chi connectivity index (χ0) is 13.5.